The van der Waals surface area contributed by atoms with Crippen molar-refractivity contribution >= 4 is 50.9 Å². The third-order valence-corrected chi connectivity index (χ3v) is 18.3. The zero-order valence-electron chi connectivity index (χ0n) is 44.8. The van der Waals surface area contributed by atoms with Crippen molar-refractivity contribution in [3.8, 4) is 23.0 Å². The molecule has 1 aliphatic carbocycles. The number of phenols is 1. The molecule has 3 N–H and O–H groups in total. The number of carbonyl (C=O) groups excluding carboxylic acids is 3. The van der Waals surface area contributed by atoms with Crippen molar-refractivity contribution in [3.63, 3.8) is 0 Å². The number of amides is 3. The molecule has 3 amide bonds. The number of fused-ring (bicyclic) bond motifs is 3. The van der Waals surface area contributed by atoms with Gasteiger partial charge in [-0.15, -0.1) is 0 Å². The molecule has 0 bridgehead atoms. The zero-order valence-corrected chi connectivity index (χ0v) is 44.8. The number of nitrogens with one attached hydrogen (secondary N) is 1. The van der Waals surface area contributed by atoms with Crippen LogP contribution in [0.15, 0.2) is 48.7 Å². The van der Waals surface area contributed by atoms with Crippen LogP contribution >= 0.6 is 0 Å². The molecule has 408 valence electrons. The van der Waals surface area contributed by atoms with Crippen LogP contribution in [-0.4, -0.2) is 165 Å². The maximum absolute atomic E-state index is 17.2. The number of hydrogen-bond donors (Lipinski definition) is 3. The van der Waals surface area contributed by atoms with E-state index < -0.39 is 23.3 Å². The molecule has 3 aromatic carbocycles. The van der Waals surface area contributed by atoms with Crippen LogP contribution in [0.25, 0.3) is 32.9 Å². The van der Waals surface area contributed by atoms with Crippen molar-refractivity contribution in [2.75, 3.05) is 94.9 Å². The van der Waals surface area contributed by atoms with E-state index in [0.717, 1.165) is 109 Å². The normalized spacial score (nSPS) is 24.5. The fourth-order valence-corrected chi connectivity index (χ4v) is 13.7. The van der Waals surface area contributed by atoms with Gasteiger partial charge in [0.25, 0.3) is 5.91 Å². The second kappa shape index (κ2) is 20.3. The standard InChI is InChI=1S/C59H72F2N10O6/c1-4-42-46(60)9-6-37-29-41(72)30-44(49(37)42)51-50(61)52-45(31-62-51)53(70-19-5-14-58(3,76)34-70)65-56(64-52)77-36-59(15-16-59)35-67-22-17-57(2,18-23-67)33-66-20-12-39(13-21-66)68-24-26-69(27-25-68)40-7-8-43-38(28-40)32-71(55(43)75)47-10-11-48(73)63-54(47)74/h6-9,28-31,39,47,72,76H,4-5,10-27,32-36H2,1-3H3,(H,63,73,74)/t47-,58+/m0/s1. The van der Waals surface area contributed by atoms with Crippen molar-refractivity contribution < 1.29 is 38.1 Å². The van der Waals surface area contributed by atoms with E-state index in [1.165, 1.54) is 25.0 Å². The van der Waals surface area contributed by atoms with Gasteiger partial charge in [-0.3, -0.25) is 29.6 Å². The molecular weight excluding hydrogens is 983 g/mol. The van der Waals surface area contributed by atoms with E-state index in [4.69, 9.17) is 14.7 Å². The summed E-state index contributed by atoms with van der Waals surface area (Å²) in [6.07, 6.45) is 10.5. The van der Waals surface area contributed by atoms with Gasteiger partial charge in [0.2, 0.25) is 11.8 Å². The number of nitrogens with zero attached hydrogens (tertiary/aromatic N) is 9. The maximum Gasteiger partial charge on any atom is 0.319 e. The number of anilines is 2. The van der Waals surface area contributed by atoms with Crippen molar-refractivity contribution in [1.82, 2.24) is 39.9 Å². The summed E-state index contributed by atoms with van der Waals surface area (Å²) in [5.74, 6) is -1.56. The molecule has 2 aromatic heterocycles. The molecule has 6 aliphatic heterocycles. The van der Waals surface area contributed by atoms with Crippen LogP contribution in [0, 0.1) is 22.5 Å². The summed E-state index contributed by atoms with van der Waals surface area (Å²) >= 11 is 0. The number of carbonyl (C=O) groups is 3. The Kier molecular flexibility index (Phi) is 13.6. The van der Waals surface area contributed by atoms with Gasteiger partial charge in [0.05, 0.1) is 17.6 Å². The lowest BCUT2D eigenvalue weighted by atomic mass is 9.79. The number of piperazine rings is 1. The third-order valence-electron chi connectivity index (χ3n) is 18.3. The Balaban J connectivity index is 0.645. The lowest BCUT2D eigenvalue weighted by Crippen LogP contribution is -2.54. The second-order valence-electron chi connectivity index (χ2n) is 24.2. The van der Waals surface area contributed by atoms with Crippen LogP contribution < -0.4 is 19.9 Å². The van der Waals surface area contributed by atoms with E-state index in [9.17, 15) is 24.6 Å². The molecule has 7 aliphatic rings. The number of likely N-dealkylation sites (tertiary alicyclic amines) is 2. The first kappa shape index (κ1) is 51.7. The quantitative estimate of drug-likeness (QED) is 0.103. The second-order valence-corrected chi connectivity index (χ2v) is 24.2. The van der Waals surface area contributed by atoms with Gasteiger partial charge in [0, 0.05) is 99.8 Å². The van der Waals surface area contributed by atoms with Crippen LogP contribution in [-0.2, 0) is 22.6 Å². The molecule has 12 rings (SSSR count). The number of halogens is 2. The van der Waals surface area contributed by atoms with Gasteiger partial charge in [-0.1, -0.05) is 19.9 Å². The Morgan fingerprint density at radius 2 is 1.58 bits per heavy atom. The van der Waals surface area contributed by atoms with Gasteiger partial charge < -0.3 is 39.4 Å². The Hall–Kier alpha value is -6.08. The van der Waals surface area contributed by atoms with E-state index in [1.54, 1.807) is 30.2 Å². The van der Waals surface area contributed by atoms with Crippen LogP contribution in [0.3, 0.4) is 0 Å². The fourth-order valence-electron chi connectivity index (χ4n) is 13.7. The van der Waals surface area contributed by atoms with E-state index in [0.29, 0.717) is 84.6 Å². The molecule has 6 fully saturated rings. The number of β-amino-alcohol motifs (C(OH)–C–C–N with tert-alkyl or cyclic N) is 1. The van der Waals surface area contributed by atoms with Crippen molar-refractivity contribution in [3.05, 3.63) is 77.0 Å². The molecule has 0 radical (unpaired) electrons. The molecule has 5 aromatic rings. The third kappa shape index (κ3) is 10.3. The highest BCUT2D eigenvalue weighted by atomic mass is 19.1. The minimum absolute atomic E-state index is 0.0193. The van der Waals surface area contributed by atoms with Crippen LogP contribution in [0.5, 0.6) is 11.8 Å². The summed E-state index contributed by atoms with van der Waals surface area (Å²) in [6.45, 7) is 18.0. The van der Waals surface area contributed by atoms with Gasteiger partial charge in [-0.25, -0.2) is 8.78 Å². The van der Waals surface area contributed by atoms with Crippen LogP contribution in [0.4, 0.5) is 20.3 Å². The number of aliphatic hydroxyl groups is 1. The summed E-state index contributed by atoms with van der Waals surface area (Å²) in [4.78, 5) is 65.7. The Labute approximate surface area is 448 Å². The fraction of sp³-hybridized carbons (Fsp3) is 0.559. The van der Waals surface area contributed by atoms with Gasteiger partial charge in [-0.05, 0) is 161 Å². The zero-order chi connectivity index (χ0) is 53.4. The smallest absolute Gasteiger partial charge is 0.319 e. The van der Waals surface area contributed by atoms with E-state index in [1.807, 2.05) is 24.0 Å². The number of pyridine rings is 1. The van der Waals surface area contributed by atoms with E-state index in [-0.39, 0.29) is 63.5 Å². The molecule has 77 heavy (non-hydrogen) atoms. The van der Waals surface area contributed by atoms with E-state index in [2.05, 4.69) is 42.9 Å². The molecule has 0 spiro atoms. The lowest BCUT2D eigenvalue weighted by Gasteiger charge is -2.46. The highest BCUT2D eigenvalue weighted by Crippen LogP contribution is 2.48. The highest BCUT2D eigenvalue weighted by Gasteiger charge is 2.47. The molecular formula is C59H72F2N10O6. The first-order valence-electron chi connectivity index (χ1n) is 28.2. The number of phenolic OH excluding ortho intramolecular Hbond substituents is 1. The Bertz CT molecular complexity index is 3130. The van der Waals surface area contributed by atoms with Crippen LogP contribution in [0.1, 0.15) is 106 Å². The number of rotatable bonds is 13. The Morgan fingerprint density at radius 1 is 0.818 bits per heavy atom. The SMILES string of the molecule is CCc1c(F)ccc2cc(O)cc(-c3ncc4c(N5CCC[C@@](C)(O)C5)nc(OCC5(CN6CCC(C)(CN7CCC(N8CCN(c9ccc%10c(c9)CN([C@H]9CCC(=O)NC9=O)C%10=O)CC8)CC7)CC6)CC5)nc4c3F)c12. The average molecular weight is 1060 g/mol. The minimum atomic E-state index is -0.964. The summed E-state index contributed by atoms with van der Waals surface area (Å²) in [6, 6.07) is 12.0. The number of piperidine rings is 4. The first-order valence-corrected chi connectivity index (χ1v) is 28.2. The largest absolute Gasteiger partial charge is 0.508 e. The topological polar surface area (TPSA) is 171 Å². The molecule has 0 unspecified atom stereocenters. The van der Waals surface area contributed by atoms with Gasteiger partial charge in [0.1, 0.15) is 34.6 Å². The summed E-state index contributed by atoms with van der Waals surface area (Å²) in [7, 11) is 0. The number of imide groups is 1. The molecule has 8 heterocycles. The number of aromatic hydroxyl groups is 1. The Morgan fingerprint density at radius 3 is 2.31 bits per heavy atom. The minimum Gasteiger partial charge on any atom is -0.508 e. The molecule has 1 saturated carbocycles. The predicted molar refractivity (Wildman–Crippen MR) is 290 cm³/mol. The number of benzene rings is 3. The molecule has 5 saturated heterocycles. The number of aryl methyl sites for hydroxylation is 1. The lowest BCUT2D eigenvalue weighted by molar-refractivity contribution is -0.136. The predicted octanol–water partition coefficient (Wildman–Crippen LogP) is 7.05. The monoisotopic (exact) mass is 1050 g/mol. The summed E-state index contributed by atoms with van der Waals surface area (Å²) < 4.78 is 38.9. The number of aromatic nitrogens is 3. The van der Waals surface area contributed by atoms with Crippen molar-refractivity contribution in [2.24, 2.45) is 10.8 Å². The van der Waals surface area contributed by atoms with Gasteiger partial charge in [0.15, 0.2) is 5.82 Å². The van der Waals surface area contributed by atoms with Crippen LogP contribution in [0.2, 0.25) is 0 Å². The number of hydrogen-bond acceptors (Lipinski definition) is 14. The molecule has 16 nitrogen and oxygen atoms in total. The van der Waals surface area contributed by atoms with Gasteiger partial charge >= 0.3 is 6.01 Å². The molecule has 18 heteroatoms. The van der Waals surface area contributed by atoms with Gasteiger partial charge in [-0.2, -0.15) is 9.97 Å². The number of ether oxygens (including phenoxy) is 1. The first-order chi connectivity index (χ1) is 37.0. The maximum atomic E-state index is 17.2. The van der Waals surface area contributed by atoms with E-state index >= 15 is 8.78 Å². The summed E-state index contributed by atoms with van der Waals surface area (Å²) in [5.41, 5.74) is 2.59. The average Bonchev–Trinajstić information content (AvgIpc) is 4.16. The molecule has 2 atom stereocenters. The van der Waals surface area contributed by atoms with Crippen molar-refractivity contribution in [2.45, 2.75) is 116 Å². The highest BCUT2D eigenvalue weighted by molar-refractivity contribution is 6.06. The summed E-state index contributed by atoms with van der Waals surface area (Å²) in [5, 5.41) is 25.8. The van der Waals surface area contributed by atoms with Crippen molar-refractivity contribution in [1.29, 1.82) is 0 Å².